The Morgan fingerprint density at radius 2 is 1.59 bits per heavy atom. The van der Waals surface area contributed by atoms with Crippen LogP contribution in [0.25, 0.3) is 27.8 Å². The largest absolute Gasteiger partial charge is 0.493 e. The molecule has 37 heavy (non-hydrogen) atoms. The zero-order valence-corrected chi connectivity index (χ0v) is 22.2. The van der Waals surface area contributed by atoms with Crippen LogP contribution in [0.4, 0.5) is 0 Å². The molecule has 5 rings (SSSR count). The van der Waals surface area contributed by atoms with Crippen LogP contribution in [0.5, 0.6) is 11.5 Å². The van der Waals surface area contributed by atoms with E-state index in [1.54, 1.807) is 25.2 Å². The molecule has 3 aromatic heterocycles. The highest BCUT2D eigenvalue weighted by molar-refractivity contribution is 7.46. The van der Waals surface area contributed by atoms with E-state index < -0.39 is 8.38 Å². The molecule has 0 N–H and O–H groups in total. The number of ether oxygens (including phenoxy) is 2. The van der Waals surface area contributed by atoms with Crippen molar-refractivity contribution in [2.75, 3.05) is 27.4 Å². The molecule has 5 aromatic rings. The van der Waals surface area contributed by atoms with Crippen molar-refractivity contribution in [3.05, 3.63) is 66.5 Å². The van der Waals surface area contributed by atoms with Gasteiger partial charge < -0.3 is 23.1 Å². The SMILES string of the molecule is CCOP(Cc1ccc(Cn2cnc3c(-n4cncn4)nc4cc(OC)c(OC)cc4c32)cc1)OCC. The second-order valence-corrected chi connectivity index (χ2v) is 9.71. The molecular weight excluding hydrogens is 491 g/mol. The second-order valence-electron chi connectivity index (χ2n) is 8.21. The van der Waals surface area contributed by atoms with Crippen molar-refractivity contribution >= 4 is 30.3 Å². The summed E-state index contributed by atoms with van der Waals surface area (Å²) in [6, 6.07) is 12.4. The van der Waals surface area contributed by atoms with Crippen molar-refractivity contribution in [1.29, 1.82) is 0 Å². The predicted octanol–water partition coefficient (Wildman–Crippen LogP) is 5.12. The lowest BCUT2D eigenvalue weighted by molar-refractivity contribution is 0.268. The summed E-state index contributed by atoms with van der Waals surface area (Å²) in [6.45, 7) is 5.91. The van der Waals surface area contributed by atoms with Gasteiger partial charge in [0.1, 0.15) is 18.2 Å². The Morgan fingerprint density at radius 1 is 0.892 bits per heavy atom. The topological polar surface area (TPSA) is 98.3 Å². The van der Waals surface area contributed by atoms with E-state index in [-0.39, 0.29) is 0 Å². The first-order valence-corrected chi connectivity index (χ1v) is 13.4. The van der Waals surface area contributed by atoms with Crippen molar-refractivity contribution in [2.45, 2.75) is 26.6 Å². The number of nitrogens with zero attached hydrogens (tertiary/aromatic N) is 6. The van der Waals surface area contributed by atoms with Crippen LogP contribution in [-0.2, 0) is 21.8 Å². The summed E-state index contributed by atoms with van der Waals surface area (Å²) in [6.07, 6.45) is 5.70. The Hall–Kier alpha value is -3.59. The molecule has 192 valence electrons. The van der Waals surface area contributed by atoms with Crippen LogP contribution < -0.4 is 9.47 Å². The molecule has 0 radical (unpaired) electrons. The molecule has 0 aliphatic carbocycles. The molecule has 0 bridgehead atoms. The number of fused-ring (bicyclic) bond motifs is 3. The maximum absolute atomic E-state index is 5.76. The first-order chi connectivity index (χ1) is 18.1. The lowest BCUT2D eigenvalue weighted by atomic mass is 10.1. The van der Waals surface area contributed by atoms with Crippen molar-refractivity contribution < 1.29 is 18.5 Å². The Balaban J connectivity index is 1.55. The number of methoxy groups -OCH3 is 2. The highest BCUT2D eigenvalue weighted by Crippen LogP contribution is 2.42. The Bertz CT molecular complexity index is 1480. The molecule has 0 fully saturated rings. The minimum atomic E-state index is -0.919. The zero-order valence-electron chi connectivity index (χ0n) is 21.3. The third-order valence-electron chi connectivity index (χ3n) is 5.90. The molecule has 0 saturated carbocycles. The molecule has 3 heterocycles. The van der Waals surface area contributed by atoms with Gasteiger partial charge in [0.05, 0.1) is 44.8 Å². The third kappa shape index (κ3) is 5.13. The van der Waals surface area contributed by atoms with Crippen molar-refractivity contribution in [3.8, 4) is 17.3 Å². The van der Waals surface area contributed by atoms with Gasteiger partial charge in [0.25, 0.3) is 0 Å². The summed E-state index contributed by atoms with van der Waals surface area (Å²) < 4.78 is 26.4. The minimum absolute atomic E-state index is 0.599. The number of benzene rings is 2. The van der Waals surface area contributed by atoms with Gasteiger partial charge in [-0.3, -0.25) is 0 Å². The van der Waals surface area contributed by atoms with E-state index in [4.69, 9.17) is 28.5 Å². The summed E-state index contributed by atoms with van der Waals surface area (Å²) in [7, 11) is 2.32. The van der Waals surface area contributed by atoms with Gasteiger partial charge >= 0.3 is 0 Å². The minimum Gasteiger partial charge on any atom is -0.493 e. The fourth-order valence-electron chi connectivity index (χ4n) is 4.26. The maximum atomic E-state index is 5.76. The summed E-state index contributed by atoms with van der Waals surface area (Å²) in [5, 5.41) is 5.20. The number of hydrogen-bond acceptors (Lipinski definition) is 8. The molecule has 0 aliphatic heterocycles. The van der Waals surface area contributed by atoms with Gasteiger partial charge in [-0.1, -0.05) is 24.3 Å². The number of imidazole rings is 1. The van der Waals surface area contributed by atoms with Gasteiger partial charge in [-0.05, 0) is 31.0 Å². The predicted molar refractivity (Wildman–Crippen MR) is 142 cm³/mol. The van der Waals surface area contributed by atoms with Crippen LogP contribution >= 0.6 is 8.38 Å². The van der Waals surface area contributed by atoms with Gasteiger partial charge in [0, 0.05) is 24.2 Å². The van der Waals surface area contributed by atoms with E-state index in [0.29, 0.717) is 37.1 Å². The van der Waals surface area contributed by atoms with Crippen LogP contribution in [0.3, 0.4) is 0 Å². The Kier molecular flexibility index (Phi) is 7.60. The molecule has 0 saturated heterocycles. The van der Waals surface area contributed by atoms with Gasteiger partial charge in [-0.2, -0.15) is 5.10 Å². The fourth-order valence-corrected chi connectivity index (χ4v) is 5.60. The Labute approximate surface area is 216 Å². The molecule has 0 atom stereocenters. The van der Waals surface area contributed by atoms with E-state index in [9.17, 15) is 0 Å². The van der Waals surface area contributed by atoms with Crippen LogP contribution in [-0.4, -0.2) is 56.7 Å². The number of rotatable bonds is 11. The van der Waals surface area contributed by atoms with Gasteiger partial charge in [0.2, 0.25) is 0 Å². The molecule has 11 heteroatoms. The lowest BCUT2D eigenvalue weighted by Gasteiger charge is -2.16. The van der Waals surface area contributed by atoms with Gasteiger partial charge in [-0.25, -0.2) is 19.6 Å². The molecule has 0 aliphatic rings. The molecule has 0 amide bonds. The standard InChI is InChI=1S/C26H29N6O4P/c1-5-35-37(36-6-2)14-19-9-7-18(8-10-19)13-31-17-28-24-25(31)20-11-22(33-3)23(34-4)12-21(20)30-26(24)32-16-27-15-29-32/h7-12,15-17H,5-6,13-14H2,1-4H3. The van der Waals surface area contributed by atoms with Crippen LogP contribution in [0.1, 0.15) is 25.0 Å². The average Bonchev–Trinajstić information content (AvgIpc) is 3.60. The first-order valence-electron chi connectivity index (χ1n) is 12.0. The van der Waals surface area contributed by atoms with E-state index in [1.807, 2.05) is 32.3 Å². The summed E-state index contributed by atoms with van der Waals surface area (Å²) in [4.78, 5) is 13.7. The van der Waals surface area contributed by atoms with E-state index >= 15 is 0 Å². The molecule has 0 unspecified atom stereocenters. The van der Waals surface area contributed by atoms with E-state index in [1.165, 1.54) is 11.9 Å². The molecule has 2 aromatic carbocycles. The molecule has 10 nitrogen and oxygen atoms in total. The maximum Gasteiger partial charge on any atom is 0.183 e. The average molecular weight is 521 g/mol. The number of hydrogen-bond donors (Lipinski definition) is 0. The lowest BCUT2D eigenvalue weighted by Crippen LogP contribution is -2.03. The van der Waals surface area contributed by atoms with Gasteiger partial charge in [0.15, 0.2) is 25.7 Å². The normalized spacial score (nSPS) is 11.6. The van der Waals surface area contributed by atoms with Crippen molar-refractivity contribution in [1.82, 2.24) is 29.3 Å². The highest BCUT2D eigenvalue weighted by Gasteiger charge is 2.19. The smallest absolute Gasteiger partial charge is 0.183 e. The zero-order chi connectivity index (χ0) is 25.8. The number of aromatic nitrogens is 6. The summed E-state index contributed by atoms with van der Waals surface area (Å²) in [5.74, 6) is 1.83. The van der Waals surface area contributed by atoms with E-state index in [0.717, 1.165) is 33.7 Å². The van der Waals surface area contributed by atoms with Crippen LogP contribution in [0.2, 0.25) is 0 Å². The molecular formula is C26H29N6O4P. The van der Waals surface area contributed by atoms with Gasteiger partial charge in [-0.15, -0.1) is 0 Å². The molecule has 0 spiro atoms. The highest BCUT2D eigenvalue weighted by atomic mass is 31.2. The third-order valence-corrected chi connectivity index (χ3v) is 7.62. The summed E-state index contributed by atoms with van der Waals surface area (Å²) >= 11 is 0. The second kappa shape index (κ2) is 11.2. The summed E-state index contributed by atoms with van der Waals surface area (Å²) in [5.41, 5.74) is 4.73. The first kappa shape index (κ1) is 25.1. The Morgan fingerprint density at radius 3 is 2.24 bits per heavy atom. The van der Waals surface area contributed by atoms with Crippen LogP contribution in [0, 0.1) is 0 Å². The van der Waals surface area contributed by atoms with Crippen molar-refractivity contribution in [2.24, 2.45) is 0 Å². The fraction of sp³-hybridized carbons (Fsp3) is 0.308. The quantitative estimate of drug-likeness (QED) is 0.222. The number of pyridine rings is 1. The van der Waals surface area contributed by atoms with Crippen LogP contribution in [0.15, 0.2) is 55.4 Å². The monoisotopic (exact) mass is 520 g/mol. The van der Waals surface area contributed by atoms with Crippen molar-refractivity contribution in [3.63, 3.8) is 0 Å². The van der Waals surface area contributed by atoms with E-state index in [2.05, 4.69) is 38.9 Å².